The summed E-state index contributed by atoms with van der Waals surface area (Å²) in [6.45, 7) is 5.95. The summed E-state index contributed by atoms with van der Waals surface area (Å²) in [5.74, 6) is -0.787. The molecule has 2 rings (SSSR count). The smallest absolute Gasteiger partial charge is 0.335 e. The van der Waals surface area contributed by atoms with Crippen molar-refractivity contribution in [2.45, 2.75) is 33.1 Å². The van der Waals surface area contributed by atoms with Gasteiger partial charge < -0.3 is 5.11 Å². The molecule has 1 heterocycles. The Morgan fingerprint density at radius 1 is 1.35 bits per heavy atom. The van der Waals surface area contributed by atoms with Crippen molar-refractivity contribution in [1.82, 2.24) is 9.78 Å². The van der Waals surface area contributed by atoms with E-state index in [-0.39, 0.29) is 17.0 Å². The van der Waals surface area contributed by atoms with Crippen LogP contribution in [0.5, 0.6) is 0 Å². The molecule has 5 nitrogen and oxygen atoms in total. The van der Waals surface area contributed by atoms with Gasteiger partial charge in [0, 0.05) is 11.3 Å². The number of benzene rings is 1. The number of hydrogen-bond acceptors (Lipinski definition) is 2. The lowest BCUT2D eigenvalue weighted by Gasteiger charge is -2.04. The molecule has 0 aliphatic carbocycles. The first-order chi connectivity index (χ1) is 9.45. The fourth-order valence-corrected chi connectivity index (χ4v) is 2.28. The average Bonchev–Trinajstić information content (AvgIpc) is 2.73. The Bertz CT molecular complexity index is 680. The first-order valence-corrected chi connectivity index (χ1v) is 6.61. The van der Waals surface area contributed by atoms with Gasteiger partial charge in [0.15, 0.2) is 0 Å². The first kappa shape index (κ1) is 14.1. The number of aromatic nitrogens is 2. The largest absolute Gasteiger partial charge is 0.478 e. The number of nitrogens with zero attached hydrogens (tertiary/aromatic N) is 1. The van der Waals surface area contributed by atoms with Gasteiger partial charge in [-0.1, -0.05) is 13.8 Å². The maximum absolute atomic E-state index is 12.4. The van der Waals surface area contributed by atoms with Crippen LogP contribution >= 0.6 is 0 Å². The highest BCUT2D eigenvalue weighted by molar-refractivity contribution is 5.87. The van der Waals surface area contributed by atoms with Crippen LogP contribution in [0, 0.1) is 6.92 Å². The molecule has 1 aromatic carbocycles. The lowest BCUT2D eigenvalue weighted by Crippen LogP contribution is -2.18. The van der Waals surface area contributed by atoms with Crippen LogP contribution in [0.3, 0.4) is 0 Å². The number of carboxylic acid groups (broad SMARTS) is 1. The molecule has 0 aliphatic rings. The zero-order valence-electron chi connectivity index (χ0n) is 11.8. The van der Waals surface area contributed by atoms with Gasteiger partial charge in [0.25, 0.3) is 5.56 Å². The monoisotopic (exact) mass is 274 g/mol. The van der Waals surface area contributed by atoms with Crippen LogP contribution in [-0.2, 0) is 0 Å². The Hall–Kier alpha value is -2.30. The van der Waals surface area contributed by atoms with Crippen LogP contribution in [0.4, 0.5) is 0 Å². The summed E-state index contributed by atoms with van der Waals surface area (Å²) in [7, 11) is 0. The van der Waals surface area contributed by atoms with E-state index in [9.17, 15) is 9.59 Å². The van der Waals surface area contributed by atoms with Gasteiger partial charge in [-0.05, 0) is 43.5 Å². The summed E-state index contributed by atoms with van der Waals surface area (Å²) in [6.07, 6.45) is 0.895. The molecule has 0 amide bonds. The Kier molecular flexibility index (Phi) is 3.79. The summed E-state index contributed by atoms with van der Waals surface area (Å²) in [6, 6.07) is 6.23. The van der Waals surface area contributed by atoms with E-state index in [4.69, 9.17) is 5.11 Å². The van der Waals surface area contributed by atoms with Gasteiger partial charge >= 0.3 is 5.97 Å². The van der Waals surface area contributed by atoms with Crippen LogP contribution in [0.15, 0.2) is 29.1 Å². The summed E-state index contributed by atoms with van der Waals surface area (Å²) < 4.78 is 1.46. The number of H-pyrrole nitrogens is 1. The van der Waals surface area contributed by atoms with Gasteiger partial charge in [-0.25, -0.2) is 9.48 Å². The molecule has 1 atom stereocenters. The molecule has 5 heteroatoms. The molecule has 2 N–H and O–H groups in total. The molecule has 2 aromatic rings. The van der Waals surface area contributed by atoms with E-state index in [0.29, 0.717) is 5.69 Å². The van der Waals surface area contributed by atoms with Crippen LogP contribution in [0.25, 0.3) is 5.69 Å². The predicted octanol–water partition coefficient (Wildman–Crippen LogP) is 2.69. The molecule has 106 valence electrons. The van der Waals surface area contributed by atoms with E-state index in [1.165, 1.54) is 16.8 Å². The molecule has 20 heavy (non-hydrogen) atoms. The lowest BCUT2D eigenvalue weighted by molar-refractivity contribution is 0.0697. The van der Waals surface area contributed by atoms with E-state index in [1.54, 1.807) is 12.1 Å². The predicted molar refractivity (Wildman–Crippen MR) is 76.8 cm³/mol. The molecule has 0 aliphatic heterocycles. The average molecular weight is 274 g/mol. The third kappa shape index (κ3) is 2.39. The van der Waals surface area contributed by atoms with Crippen molar-refractivity contribution >= 4 is 5.97 Å². The second-order valence-corrected chi connectivity index (χ2v) is 4.95. The zero-order chi connectivity index (χ0) is 14.9. The Labute approximate surface area is 116 Å². The highest BCUT2D eigenvalue weighted by atomic mass is 16.4. The van der Waals surface area contributed by atoms with Crippen LogP contribution < -0.4 is 5.56 Å². The summed E-state index contributed by atoms with van der Waals surface area (Å²) in [4.78, 5) is 23.3. The number of carboxylic acids is 1. The van der Waals surface area contributed by atoms with E-state index in [2.05, 4.69) is 5.10 Å². The Morgan fingerprint density at radius 2 is 1.95 bits per heavy atom. The number of aromatic amines is 1. The second-order valence-electron chi connectivity index (χ2n) is 4.95. The van der Waals surface area contributed by atoms with Gasteiger partial charge in [-0.15, -0.1) is 0 Å². The van der Waals surface area contributed by atoms with Crippen molar-refractivity contribution in [2.75, 3.05) is 0 Å². The van der Waals surface area contributed by atoms with Crippen molar-refractivity contribution in [2.24, 2.45) is 0 Å². The summed E-state index contributed by atoms with van der Waals surface area (Å²) in [5.41, 5.74) is 2.41. The molecule has 1 unspecified atom stereocenters. The lowest BCUT2D eigenvalue weighted by atomic mass is 9.99. The highest BCUT2D eigenvalue weighted by Gasteiger charge is 2.17. The molecule has 0 saturated carbocycles. The van der Waals surface area contributed by atoms with Crippen LogP contribution in [-0.4, -0.2) is 20.9 Å². The topological polar surface area (TPSA) is 75.1 Å². The van der Waals surface area contributed by atoms with Crippen molar-refractivity contribution in [3.05, 3.63) is 51.4 Å². The molecule has 0 radical (unpaired) electrons. The van der Waals surface area contributed by atoms with Crippen molar-refractivity contribution in [1.29, 1.82) is 0 Å². The fourth-order valence-electron chi connectivity index (χ4n) is 2.28. The minimum Gasteiger partial charge on any atom is -0.478 e. The molecule has 0 saturated heterocycles. The Balaban J connectivity index is 2.49. The first-order valence-electron chi connectivity index (χ1n) is 6.61. The number of hydrogen-bond donors (Lipinski definition) is 2. The summed E-state index contributed by atoms with van der Waals surface area (Å²) in [5, 5.41) is 11.9. The van der Waals surface area contributed by atoms with Gasteiger partial charge in [0.2, 0.25) is 0 Å². The quantitative estimate of drug-likeness (QED) is 0.900. The maximum atomic E-state index is 12.4. The highest BCUT2D eigenvalue weighted by Crippen LogP contribution is 2.19. The van der Waals surface area contributed by atoms with Crippen LogP contribution in [0.2, 0.25) is 0 Å². The second kappa shape index (κ2) is 5.36. The van der Waals surface area contributed by atoms with Gasteiger partial charge in [0.05, 0.1) is 11.3 Å². The number of aryl methyl sites for hydroxylation is 1. The number of nitrogens with one attached hydrogen (secondary N) is 1. The van der Waals surface area contributed by atoms with Crippen molar-refractivity contribution in [3.63, 3.8) is 0 Å². The molecule has 0 bridgehead atoms. The van der Waals surface area contributed by atoms with Crippen molar-refractivity contribution in [3.8, 4) is 5.69 Å². The third-order valence-electron chi connectivity index (χ3n) is 3.59. The third-order valence-corrected chi connectivity index (χ3v) is 3.59. The van der Waals surface area contributed by atoms with Gasteiger partial charge in [-0.2, -0.15) is 0 Å². The van der Waals surface area contributed by atoms with E-state index >= 15 is 0 Å². The number of carbonyl (C=O) groups is 1. The fraction of sp³-hybridized carbons (Fsp3) is 0.333. The Morgan fingerprint density at radius 3 is 2.45 bits per heavy atom. The standard InChI is InChI=1S/C15H18N2O3/c1-4-9(2)13-10(3)16-17(14(13)18)12-7-5-11(6-8-12)15(19)20/h5-9,16H,4H2,1-3H3,(H,19,20). The minimum atomic E-state index is -0.980. The number of aromatic carboxylic acids is 1. The van der Waals surface area contributed by atoms with E-state index < -0.39 is 5.97 Å². The van der Waals surface area contributed by atoms with Gasteiger partial charge in [-0.3, -0.25) is 9.89 Å². The van der Waals surface area contributed by atoms with E-state index in [0.717, 1.165) is 17.7 Å². The molecule has 1 aromatic heterocycles. The maximum Gasteiger partial charge on any atom is 0.335 e. The van der Waals surface area contributed by atoms with Crippen molar-refractivity contribution < 1.29 is 9.90 Å². The molecular weight excluding hydrogens is 256 g/mol. The minimum absolute atomic E-state index is 0.0695. The normalized spacial score (nSPS) is 12.3. The summed E-state index contributed by atoms with van der Waals surface area (Å²) >= 11 is 0. The van der Waals surface area contributed by atoms with Gasteiger partial charge in [0.1, 0.15) is 0 Å². The van der Waals surface area contributed by atoms with Crippen LogP contribution in [0.1, 0.15) is 47.8 Å². The zero-order valence-corrected chi connectivity index (χ0v) is 11.8. The molecule has 0 fully saturated rings. The van der Waals surface area contributed by atoms with E-state index in [1.807, 2.05) is 20.8 Å². The molecular formula is C15H18N2O3. The molecule has 0 spiro atoms. The SMILES string of the molecule is CCC(C)c1c(C)[nH]n(-c2ccc(C(=O)O)cc2)c1=O. The number of rotatable bonds is 4.